The molecule has 0 aliphatic carbocycles. The van der Waals surface area contributed by atoms with Gasteiger partial charge in [-0.3, -0.25) is 0 Å². The molecule has 64 valence electrons. The second-order valence-corrected chi connectivity index (χ2v) is 2.46. The van der Waals surface area contributed by atoms with E-state index in [1.54, 1.807) is 0 Å². The number of hydrogen-bond donors (Lipinski definition) is 3. The quantitative estimate of drug-likeness (QED) is 0.479. The van der Waals surface area contributed by atoms with Gasteiger partial charge < -0.3 is 15.1 Å². The van der Waals surface area contributed by atoms with Crippen molar-refractivity contribution < 1.29 is 15.1 Å². The summed E-state index contributed by atoms with van der Waals surface area (Å²) >= 11 is 2.08. The summed E-state index contributed by atoms with van der Waals surface area (Å²) < 4.78 is 1.29. The molecule has 1 aromatic carbocycles. The molecule has 0 unspecified atom stereocenters. The summed E-state index contributed by atoms with van der Waals surface area (Å²) in [5.41, 5.74) is 1.18. The van der Waals surface area contributed by atoms with Gasteiger partial charge in [-0.15, -0.1) is 0 Å². The van der Waals surface area contributed by atoms with Gasteiger partial charge in [0, 0.05) is 0 Å². The van der Waals surface area contributed by atoms with E-state index >= 15 is 0 Å². The van der Waals surface area contributed by atoms with Crippen molar-refractivity contribution in [1.82, 2.24) is 0 Å². The first kappa shape index (κ1) is 12.5. The second-order valence-electron chi connectivity index (χ2n) is 2.46. The summed E-state index contributed by atoms with van der Waals surface area (Å²) in [6.45, 7) is 3.66. The van der Waals surface area contributed by atoms with Gasteiger partial charge in [0.25, 0.3) is 0 Å². The summed E-state index contributed by atoms with van der Waals surface area (Å²) in [5.74, 6) is 0. The Kier molecular flexibility index (Phi) is 6.69. The van der Waals surface area contributed by atoms with Crippen LogP contribution in [0.1, 0.15) is 5.56 Å². The van der Waals surface area contributed by atoms with Gasteiger partial charge >= 0.3 is 71.8 Å². The molecule has 0 aliphatic heterocycles. The maximum absolute atomic E-state index is 7.17. The first-order valence-corrected chi connectivity index (χ1v) is 3.79. The average molecular weight is 172 g/mol. The van der Waals surface area contributed by atoms with Crippen LogP contribution in [0.5, 0.6) is 0 Å². The Morgan fingerprint density at radius 2 is 1.54 bits per heavy atom. The molecule has 0 amide bonds. The van der Waals surface area contributed by atoms with Crippen LogP contribution < -0.4 is 4.24 Å². The third kappa shape index (κ3) is 7.85. The first-order chi connectivity index (χ1) is 6.06. The molecule has 13 heavy (non-hydrogen) atoms. The molecule has 0 aromatic heterocycles. The Balaban J connectivity index is 0.000000310. The summed E-state index contributed by atoms with van der Waals surface area (Å²) in [7, 11) is -2.17. The Bertz CT molecular complexity index is 245. The summed E-state index contributed by atoms with van der Waals surface area (Å²) in [6, 6.07) is 8.28. The van der Waals surface area contributed by atoms with Gasteiger partial charge in [0.2, 0.25) is 0 Å². The van der Waals surface area contributed by atoms with Crippen LogP contribution in [0.15, 0.2) is 30.8 Å². The zero-order valence-corrected chi connectivity index (χ0v) is 7.51. The molecule has 0 bridgehead atoms. The van der Waals surface area contributed by atoms with Crippen molar-refractivity contribution in [3.05, 3.63) is 36.4 Å². The third-order valence-corrected chi connectivity index (χ3v) is 1.31. The molecule has 1 rings (SSSR count). The Morgan fingerprint density at radius 3 is 1.85 bits per heavy atom. The number of hydrogen-bond acceptors (Lipinski definition) is 3. The average Bonchev–Trinajstić information content (AvgIpc) is 2.05. The molecule has 5 heteroatoms. The molecule has 0 heterocycles. The molecule has 1 aromatic rings. The van der Waals surface area contributed by atoms with Crippen LogP contribution in [0, 0.1) is 0 Å². The van der Waals surface area contributed by atoms with Crippen molar-refractivity contribution in [1.29, 1.82) is 0 Å². The summed E-state index contributed by atoms with van der Waals surface area (Å²) in [5, 5.41) is 21.5. The molecule has 0 saturated carbocycles. The predicted octanol–water partition coefficient (Wildman–Crippen LogP) is -0.928. The van der Waals surface area contributed by atoms with E-state index in [2.05, 4.69) is 48.6 Å². The van der Waals surface area contributed by atoms with Gasteiger partial charge in [-0.2, -0.15) is 0 Å². The summed E-state index contributed by atoms with van der Waals surface area (Å²) in [4.78, 5) is 0. The molecule has 0 saturated heterocycles. The van der Waals surface area contributed by atoms with Crippen LogP contribution in [-0.4, -0.2) is 40.1 Å². The minimum atomic E-state index is -2.17. The van der Waals surface area contributed by atoms with Gasteiger partial charge in [0.15, 0.2) is 0 Å². The second kappa shape index (κ2) is 6.96. The van der Waals surface area contributed by atoms with Crippen molar-refractivity contribution in [3.63, 3.8) is 0 Å². The molecule has 0 atom stereocenters. The van der Waals surface area contributed by atoms with Gasteiger partial charge in [-0.05, 0) is 0 Å². The van der Waals surface area contributed by atoms with Crippen LogP contribution in [0.25, 0.3) is 6.08 Å². The van der Waals surface area contributed by atoms with E-state index in [4.69, 9.17) is 15.1 Å². The fraction of sp³-hybridized carbons (Fsp3) is 0. The Labute approximate surface area is 87.1 Å². The predicted molar refractivity (Wildman–Crippen MR) is 54.3 cm³/mol. The van der Waals surface area contributed by atoms with Gasteiger partial charge in [-0.25, -0.2) is 0 Å². The van der Waals surface area contributed by atoms with E-state index in [1.807, 2.05) is 6.08 Å². The Morgan fingerprint density at radius 1 is 1.15 bits per heavy atom. The molecule has 0 spiro atoms. The topological polar surface area (TPSA) is 60.7 Å². The molecule has 3 N–H and O–H groups in total. The van der Waals surface area contributed by atoms with Crippen LogP contribution in [0.2, 0.25) is 0 Å². The molecular weight excluding hydrogens is 162 g/mol. The van der Waals surface area contributed by atoms with Crippen molar-refractivity contribution >= 4 is 35.3 Å². The first-order valence-electron chi connectivity index (χ1n) is 3.79. The Hall–Kier alpha value is -0.498. The zero-order valence-electron chi connectivity index (χ0n) is 7.51. The fourth-order valence-corrected chi connectivity index (χ4v) is 0.703. The van der Waals surface area contributed by atoms with Crippen LogP contribution in [0.3, 0.4) is 0 Å². The monoisotopic (exact) mass is 172 g/mol. The van der Waals surface area contributed by atoms with Crippen LogP contribution in [-0.2, 0) is 0 Å². The van der Waals surface area contributed by atoms with E-state index in [-0.39, 0.29) is 0 Å². The number of rotatable bonds is 1. The third-order valence-electron chi connectivity index (χ3n) is 1.31. The van der Waals surface area contributed by atoms with Gasteiger partial charge in [0.1, 0.15) is 0 Å². The standard InChI is InChI=1S/C8H7.BH3O3.Li/c1-2-8-6-4-3-5-7-8;2-1(3)4;/h2,4-7H,1H2;2-4H;. The van der Waals surface area contributed by atoms with Crippen molar-refractivity contribution in [2.75, 3.05) is 0 Å². The van der Waals surface area contributed by atoms with Crippen molar-refractivity contribution in [2.45, 2.75) is 0 Å². The van der Waals surface area contributed by atoms with E-state index in [0.29, 0.717) is 0 Å². The molecule has 0 fully saturated rings. The van der Waals surface area contributed by atoms with E-state index in [1.165, 1.54) is 9.80 Å². The van der Waals surface area contributed by atoms with Crippen molar-refractivity contribution in [3.8, 4) is 0 Å². The molecular formula is C8H10BLiO3. The van der Waals surface area contributed by atoms with E-state index in [0.717, 1.165) is 0 Å². The van der Waals surface area contributed by atoms with E-state index < -0.39 is 7.32 Å². The normalized spacial score (nSPS) is 8.38. The summed E-state index contributed by atoms with van der Waals surface area (Å²) in [6.07, 6.45) is 1.85. The minimum absolute atomic E-state index is 1.18. The molecule has 0 radical (unpaired) electrons. The number of benzene rings is 1. The van der Waals surface area contributed by atoms with Gasteiger partial charge in [-0.1, -0.05) is 0 Å². The molecule has 3 nitrogen and oxygen atoms in total. The van der Waals surface area contributed by atoms with Crippen LogP contribution >= 0.6 is 0 Å². The van der Waals surface area contributed by atoms with E-state index in [9.17, 15) is 0 Å². The zero-order chi connectivity index (χ0) is 10.3. The maximum atomic E-state index is 7.17. The van der Waals surface area contributed by atoms with Gasteiger partial charge in [0.05, 0.1) is 0 Å². The SMILES string of the molecule is OB(O)O.[Li][c]1ccc(C=C)cc1. The van der Waals surface area contributed by atoms with Crippen LogP contribution in [0.4, 0.5) is 0 Å². The fourth-order valence-electron chi connectivity index (χ4n) is 0.703. The molecule has 0 aliphatic rings. The van der Waals surface area contributed by atoms with Crippen molar-refractivity contribution in [2.24, 2.45) is 0 Å².